The predicted octanol–water partition coefficient (Wildman–Crippen LogP) is 6.36. The summed E-state index contributed by atoms with van der Waals surface area (Å²) in [6, 6.07) is 6.25. The van der Waals surface area contributed by atoms with E-state index in [1.165, 1.54) is 5.56 Å². The van der Waals surface area contributed by atoms with Crippen LogP contribution in [0.4, 0.5) is 0 Å². The Labute approximate surface area is 121 Å². The number of halogens is 2. The standard InChI is InChI=1S/C14H21Cl2OP/c1-13(2,3)10-7-8-12(17-18(15)16)11(9-10)14(4,5)6/h7-9H,1-6H3. The van der Waals surface area contributed by atoms with E-state index >= 15 is 0 Å². The van der Waals surface area contributed by atoms with Crippen molar-refractivity contribution in [2.24, 2.45) is 0 Å². The van der Waals surface area contributed by atoms with Crippen LogP contribution in [0.3, 0.4) is 0 Å². The first kappa shape index (κ1) is 16.1. The fraction of sp³-hybridized carbons (Fsp3) is 0.571. The van der Waals surface area contributed by atoms with Gasteiger partial charge in [0, 0.05) is 5.56 Å². The van der Waals surface area contributed by atoms with Crippen molar-refractivity contribution in [1.82, 2.24) is 0 Å². The number of hydrogen-bond donors (Lipinski definition) is 0. The summed E-state index contributed by atoms with van der Waals surface area (Å²) < 4.78 is 5.54. The topological polar surface area (TPSA) is 9.23 Å². The molecule has 0 aromatic heterocycles. The lowest BCUT2D eigenvalue weighted by molar-refractivity contribution is 0.534. The second kappa shape index (κ2) is 5.57. The molecule has 0 amide bonds. The summed E-state index contributed by atoms with van der Waals surface area (Å²) in [5.74, 6) is 0.784. The fourth-order valence-corrected chi connectivity index (χ4v) is 2.49. The van der Waals surface area contributed by atoms with Gasteiger partial charge in [0.15, 0.2) is 0 Å². The fourth-order valence-electron chi connectivity index (χ4n) is 1.74. The van der Waals surface area contributed by atoms with Gasteiger partial charge in [-0.15, -0.1) is 0 Å². The maximum Gasteiger partial charge on any atom is 0.284 e. The van der Waals surface area contributed by atoms with Crippen LogP contribution in [0.5, 0.6) is 5.75 Å². The van der Waals surface area contributed by atoms with E-state index in [1.54, 1.807) is 0 Å². The highest BCUT2D eigenvalue weighted by Gasteiger charge is 2.23. The van der Waals surface area contributed by atoms with Crippen LogP contribution in [-0.2, 0) is 10.8 Å². The van der Waals surface area contributed by atoms with Crippen LogP contribution in [0.1, 0.15) is 52.7 Å². The molecule has 102 valence electrons. The van der Waals surface area contributed by atoms with Gasteiger partial charge in [-0.05, 0) is 44.9 Å². The Kier molecular flexibility index (Phi) is 4.98. The number of benzene rings is 1. The molecule has 0 saturated heterocycles. The molecular formula is C14H21Cl2OP. The molecule has 0 fully saturated rings. The van der Waals surface area contributed by atoms with Crippen LogP contribution < -0.4 is 4.52 Å². The van der Waals surface area contributed by atoms with Gasteiger partial charge in [-0.25, -0.2) is 0 Å². The maximum absolute atomic E-state index is 5.77. The van der Waals surface area contributed by atoms with Gasteiger partial charge in [0.1, 0.15) is 5.75 Å². The Morgan fingerprint density at radius 1 is 0.944 bits per heavy atom. The first-order valence-corrected chi connectivity index (χ1v) is 9.03. The average molecular weight is 307 g/mol. The lowest BCUT2D eigenvalue weighted by Gasteiger charge is -2.27. The van der Waals surface area contributed by atoms with Crippen LogP contribution in [0.2, 0.25) is 0 Å². The minimum atomic E-state index is -1.43. The minimum absolute atomic E-state index is 0.00425. The van der Waals surface area contributed by atoms with E-state index in [0.29, 0.717) is 0 Å². The molecule has 1 rings (SSSR count). The summed E-state index contributed by atoms with van der Waals surface area (Å²) in [5, 5.41) is 0. The van der Waals surface area contributed by atoms with Gasteiger partial charge in [-0.1, -0.05) is 53.7 Å². The van der Waals surface area contributed by atoms with Crippen molar-refractivity contribution < 1.29 is 4.52 Å². The summed E-state index contributed by atoms with van der Waals surface area (Å²) in [5.41, 5.74) is 2.54. The average Bonchev–Trinajstić information content (AvgIpc) is 2.13. The highest BCUT2D eigenvalue weighted by Crippen LogP contribution is 2.50. The van der Waals surface area contributed by atoms with Crippen LogP contribution in [0.15, 0.2) is 18.2 Å². The Bertz CT molecular complexity index is 417. The molecule has 0 aliphatic carbocycles. The van der Waals surface area contributed by atoms with E-state index in [-0.39, 0.29) is 10.8 Å². The normalized spacial score (nSPS) is 12.9. The van der Waals surface area contributed by atoms with Crippen molar-refractivity contribution in [3.63, 3.8) is 0 Å². The van der Waals surface area contributed by atoms with Gasteiger partial charge in [-0.3, -0.25) is 0 Å². The Morgan fingerprint density at radius 3 is 1.89 bits per heavy atom. The molecule has 4 heteroatoms. The molecule has 1 nitrogen and oxygen atoms in total. The largest absolute Gasteiger partial charge is 0.444 e. The van der Waals surface area contributed by atoms with E-state index in [1.807, 2.05) is 6.07 Å². The lowest BCUT2D eigenvalue weighted by Crippen LogP contribution is -2.16. The van der Waals surface area contributed by atoms with Crippen molar-refractivity contribution in [2.45, 2.75) is 52.4 Å². The molecule has 1 aromatic rings. The molecule has 0 N–H and O–H groups in total. The molecule has 0 heterocycles. The third-order valence-electron chi connectivity index (χ3n) is 2.82. The van der Waals surface area contributed by atoms with Crippen molar-refractivity contribution in [2.75, 3.05) is 0 Å². The van der Waals surface area contributed by atoms with Crippen LogP contribution in [0.25, 0.3) is 0 Å². The van der Waals surface area contributed by atoms with Crippen molar-refractivity contribution in [3.05, 3.63) is 29.3 Å². The third-order valence-corrected chi connectivity index (χ3v) is 3.57. The Morgan fingerprint density at radius 2 is 1.50 bits per heavy atom. The Hall–Kier alpha value is 0.0300. The molecule has 0 radical (unpaired) electrons. The minimum Gasteiger partial charge on any atom is -0.444 e. The molecule has 0 atom stereocenters. The highest BCUT2D eigenvalue weighted by atomic mass is 35.9. The molecule has 1 aromatic carbocycles. The summed E-state index contributed by atoms with van der Waals surface area (Å²) in [4.78, 5) is 0. The number of hydrogen-bond acceptors (Lipinski definition) is 1. The van der Waals surface area contributed by atoms with Crippen molar-refractivity contribution in [1.29, 1.82) is 0 Å². The zero-order chi connectivity index (χ0) is 14.1. The van der Waals surface area contributed by atoms with E-state index in [9.17, 15) is 0 Å². The number of rotatable bonds is 2. The molecule has 0 spiro atoms. The molecule has 0 saturated carbocycles. The van der Waals surface area contributed by atoms with Crippen molar-refractivity contribution in [3.8, 4) is 5.75 Å². The quantitative estimate of drug-likeness (QED) is 0.577. The van der Waals surface area contributed by atoms with Crippen molar-refractivity contribution >= 4 is 29.3 Å². The molecule has 0 bridgehead atoms. The van der Waals surface area contributed by atoms with Crippen LogP contribution in [-0.4, -0.2) is 0 Å². The van der Waals surface area contributed by atoms with E-state index < -0.39 is 6.85 Å². The molecule has 18 heavy (non-hydrogen) atoms. The highest BCUT2D eigenvalue weighted by molar-refractivity contribution is 8.00. The smallest absolute Gasteiger partial charge is 0.284 e. The van der Waals surface area contributed by atoms with Gasteiger partial charge in [0.05, 0.1) is 0 Å². The van der Waals surface area contributed by atoms with E-state index in [4.69, 9.17) is 27.0 Å². The molecular weight excluding hydrogens is 286 g/mol. The van der Waals surface area contributed by atoms with E-state index in [2.05, 4.69) is 53.7 Å². The third kappa shape index (κ3) is 4.30. The summed E-state index contributed by atoms with van der Waals surface area (Å²) in [7, 11) is 0. The Balaban J connectivity index is 3.30. The monoisotopic (exact) mass is 306 g/mol. The predicted molar refractivity (Wildman–Crippen MR) is 83.1 cm³/mol. The molecule has 0 aliphatic rings. The first-order chi connectivity index (χ1) is 8.01. The van der Waals surface area contributed by atoms with Gasteiger partial charge < -0.3 is 4.52 Å². The van der Waals surface area contributed by atoms with Crippen LogP contribution in [0, 0.1) is 0 Å². The SMILES string of the molecule is CC(C)(C)c1ccc(OP(Cl)Cl)c(C(C)(C)C)c1. The summed E-state index contributed by atoms with van der Waals surface area (Å²) >= 11 is 11.5. The van der Waals surface area contributed by atoms with Gasteiger partial charge in [0.25, 0.3) is 6.85 Å². The molecule has 0 aliphatic heterocycles. The molecule has 0 unspecified atom stereocenters. The van der Waals surface area contributed by atoms with Crippen LogP contribution >= 0.6 is 29.3 Å². The summed E-state index contributed by atoms with van der Waals surface area (Å²) in [6.07, 6.45) is 0. The lowest BCUT2D eigenvalue weighted by atomic mass is 9.80. The first-order valence-electron chi connectivity index (χ1n) is 5.96. The maximum atomic E-state index is 5.77. The zero-order valence-corrected chi connectivity index (χ0v) is 14.2. The van der Waals surface area contributed by atoms with Gasteiger partial charge in [-0.2, -0.15) is 0 Å². The van der Waals surface area contributed by atoms with Gasteiger partial charge >= 0.3 is 0 Å². The second-order valence-electron chi connectivity index (χ2n) is 6.50. The van der Waals surface area contributed by atoms with E-state index in [0.717, 1.165) is 11.3 Å². The van der Waals surface area contributed by atoms with Gasteiger partial charge in [0.2, 0.25) is 0 Å². The summed E-state index contributed by atoms with van der Waals surface area (Å²) in [6.45, 7) is 11.6. The zero-order valence-electron chi connectivity index (χ0n) is 11.8. The second-order valence-corrected chi connectivity index (χ2v) is 9.45.